The van der Waals surface area contributed by atoms with Gasteiger partial charge in [-0.2, -0.15) is 4.72 Å². The number of carbonyl (C=O) groups excluding carboxylic acids is 7. The van der Waals surface area contributed by atoms with Crippen molar-refractivity contribution in [3.05, 3.63) is 157 Å². The van der Waals surface area contributed by atoms with Crippen molar-refractivity contribution >= 4 is 178 Å². The number of aliphatic hydroxyl groups excluding tert-OH is 1. The number of hydrogen-bond acceptors (Lipinski definition) is 22. The van der Waals surface area contributed by atoms with Gasteiger partial charge in [-0.1, -0.05) is 105 Å². The van der Waals surface area contributed by atoms with Crippen LogP contribution in [0.15, 0.2) is 130 Å². The van der Waals surface area contributed by atoms with Gasteiger partial charge in [0.25, 0.3) is 20.9 Å². The van der Waals surface area contributed by atoms with E-state index in [1.807, 2.05) is 76.2 Å². The van der Waals surface area contributed by atoms with Crippen LogP contribution in [0, 0.1) is 30.4 Å². The van der Waals surface area contributed by atoms with E-state index in [2.05, 4.69) is 45.5 Å². The summed E-state index contributed by atoms with van der Waals surface area (Å²) in [7, 11) is -4.74. The Kier molecular flexibility index (Phi) is 42.6. The number of carbonyl (C=O) groups is 8. The third-order valence-electron chi connectivity index (χ3n) is 14.5. The number of carboxylic acid groups (broad SMARTS) is 1. The van der Waals surface area contributed by atoms with Crippen molar-refractivity contribution in [1.82, 2.24) is 36.0 Å². The van der Waals surface area contributed by atoms with Crippen LogP contribution in [-0.2, 0) is 67.2 Å². The first-order valence-corrected chi connectivity index (χ1v) is 42.2. The molecule has 28 nitrogen and oxygen atoms in total. The maximum absolute atomic E-state index is 13.1. The molecule has 2 aromatic heterocycles. The zero-order chi connectivity index (χ0) is 84.8. The summed E-state index contributed by atoms with van der Waals surface area (Å²) >= 11 is 20.0. The average molecular weight is 1780 g/mol. The molecule has 0 aliphatic rings. The fraction of sp³-hybridized carbons (Fsp3) is 0.425. The Morgan fingerprint density at radius 1 is 0.540 bits per heavy atom. The molecule has 2 heterocycles. The molecule has 0 saturated heterocycles. The van der Waals surface area contributed by atoms with E-state index >= 15 is 0 Å². The molecule has 7 aromatic rings. The van der Waals surface area contributed by atoms with Gasteiger partial charge in [-0.25, -0.2) is 53.1 Å². The SMILES string of the molecule is CC(C)C[C@H](NC(=O)c1cc2ccccc2s1)C(=O)O.COC(=O)[C@@H](N)CCNC(=O)OC(C)(C)C.COC(=O)[C@H](CCNC(=O)OC(C)(C)C)NS(=O)(=O)c1ccc(F)cc1Cl.Cc1ccc(S(=O)(=O)N[C@H](CO)CCNC(=O)[C@H](CC(C)C)NC(=O)c2cc3ccccc3s2)c(Cl)c1.Cl.O=S(=O)(Cl)c1ccc(F)cc1Cl. The molecule has 0 fully saturated rings. The maximum Gasteiger partial charge on any atom is 0.407 e. The van der Waals surface area contributed by atoms with E-state index < -0.39 is 119 Å². The molecule has 0 aliphatic heterocycles. The first kappa shape index (κ1) is 101. The smallest absolute Gasteiger partial charge is 0.407 e. The third kappa shape index (κ3) is 37.3. The second kappa shape index (κ2) is 47.4. The number of carboxylic acids is 1. The highest BCUT2D eigenvalue weighted by atomic mass is 35.7. The van der Waals surface area contributed by atoms with Gasteiger partial charge in [-0.3, -0.25) is 24.0 Å². The quantitative estimate of drug-likeness (QED) is 0.0118. The second-order valence-corrected chi connectivity index (χ2v) is 36.6. The van der Waals surface area contributed by atoms with Crippen LogP contribution in [0.4, 0.5) is 18.4 Å². The summed E-state index contributed by atoms with van der Waals surface area (Å²) in [4.78, 5) is 95.0. The van der Waals surface area contributed by atoms with Crippen LogP contribution >= 0.6 is 80.6 Å². The van der Waals surface area contributed by atoms with E-state index in [9.17, 15) is 77.5 Å². The Morgan fingerprint density at radius 2 is 0.947 bits per heavy atom. The summed E-state index contributed by atoms with van der Waals surface area (Å²) < 4.78 is 123. The first-order valence-electron chi connectivity index (χ1n) is 34.2. The van der Waals surface area contributed by atoms with Crippen LogP contribution < -0.4 is 41.8 Å². The van der Waals surface area contributed by atoms with Crippen molar-refractivity contribution in [3.8, 4) is 0 Å². The highest BCUT2D eigenvalue weighted by Gasteiger charge is 2.31. The van der Waals surface area contributed by atoms with E-state index in [0.29, 0.717) is 29.0 Å². The number of aliphatic hydroxyl groups is 1. The largest absolute Gasteiger partial charge is 0.480 e. The number of nitrogens with two attached hydrogens (primary N) is 1. The van der Waals surface area contributed by atoms with E-state index in [-0.39, 0.29) is 104 Å². The molecule has 11 N–H and O–H groups in total. The van der Waals surface area contributed by atoms with Crippen molar-refractivity contribution in [1.29, 1.82) is 0 Å². The van der Waals surface area contributed by atoms with Gasteiger partial charge in [-0.15, -0.1) is 35.1 Å². The van der Waals surface area contributed by atoms with Gasteiger partial charge in [-0.05, 0) is 182 Å². The lowest BCUT2D eigenvalue weighted by atomic mass is 10.0. The number of methoxy groups -OCH3 is 2. The van der Waals surface area contributed by atoms with Crippen molar-refractivity contribution < 1.29 is 102 Å². The summed E-state index contributed by atoms with van der Waals surface area (Å²) in [6.45, 7) is 19.8. The summed E-state index contributed by atoms with van der Waals surface area (Å²) in [6, 6.07) is 24.8. The molecule has 0 aliphatic carbocycles. The van der Waals surface area contributed by atoms with Gasteiger partial charge in [0, 0.05) is 45.8 Å². The second-order valence-electron chi connectivity index (χ2n) is 27.3. The third-order valence-corrected chi connectivity index (χ3v) is 22.5. The van der Waals surface area contributed by atoms with Crippen LogP contribution in [0.2, 0.25) is 15.1 Å². The number of esters is 2. The zero-order valence-electron chi connectivity index (χ0n) is 63.9. The number of halogens is 7. The van der Waals surface area contributed by atoms with Crippen LogP contribution in [0.5, 0.6) is 0 Å². The van der Waals surface area contributed by atoms with E-state index in [4.69, 9.17) is 65.8 Å². The molecule has 5 atom stereocenters. The minimum absolute atomic E-state index is 0. The van der Waals surface area contributed by atoms with E-state index in [1.54, 1.807) is 72.7 Å². The Hall–Kier alpha value is -7.62. The number of rotatable bonds is 29. The summed E-state index contributed by atoms with van der Waals surface area (Å²) in [5.41, 5.74) is 5.06. The molecule has 5 amide bonds. The number of ether oxygens (including phenoxy) is 4. The number of thiophene rings is 2. The topological polar surface area (TPSA) is 427 Å². The van der Waals surface area contributed by atoms with E-state index in [0.717, 1.165) is 69.2 Å². The van der Waals surface area contributed by atoms with Gasteiger partial charge in [0.05, 0.1) is 45.6 Å². The van der Waals surface area contributed by atoms with Crippen LogP contribution in [-0.4, -0.2) is 165 Å². The standard InChI is InChI=1S/C26H32ClN3O5S2.C16H22ClFN2O6S.C15H17NO3S.C10H20N2O4.C6H3Cl2FO2S.ClH/c1-16(2)12-21(29-26(33)23-14-18-6-4-5-7-22(18)36-23)25(32)28-11-10-19(15-31)30-37(34,35)24-9-8-17(3)13-20(24)27;1-16(2,3)26-15(22)19-8-7-12(14(21)25-4)20-27(23,24)13-6-5-10(18)9-11(13)17;1-9(2)7-11(15(18)19)16-14(17)13-8-10-5-3-4-6-12(10)20-13;1-10(2,3)16-9(14)12-6-5-7(11)8(13)15-4;7-5-3-4(9)1-2-6(5)12(8,10)11;/h4-9,13-14,16,19,21,30-31H,10-12,15H2,1-3H3,(H,28,32)(H,29,33);5-6,9,12,20H,7-8H2,1-4H3,(H,19,22);3-6,8-9,11H,7H2,1-2H3,(H,16,17)(H,18,19);7H,5-6,11H2,1-4H3,(H,12,14);1-3H;1H/t19-,21-;12-;11-;7-;;/m0000../s1. The number of amides is 5. The van der Waals surface area contributed by atoms with Gasteiger partial charge in [0.15, 0.2) is 0 Å². The Morgan fingerprint density at radius 3 is 1.35 bits per heavy atom. The van der Waals surface area contributed by atoms with Crippen molar-refractivity contribution in [2.45, 2.75) is 164 Å². The number of fused-ring (bicyclic) bond motifs is 2. The molecule has 113 heavy (non-hydrogen) atoms. The number of hydrogen-bond donors (Lipinski definition) is 10. The summed E-state index contributed by atoms with van der Waals surface area (Å²) in [5, 5.41) is 33.5. The molecule has 0 saturated carbocycles. The van der Waals surface area contributed by atoms with Crippen LogP contribution in [0.3, 0.4) is 0 Å². The van der Waals surface area contributed by atoms with Crippen molar-refractivity contribution in [2.75, 3.05) is 40.5 Å². The predicted molar refractivity (Wildman–Crippen MR) is 435 cm³/mol. The van der Waals surface area contributed by atoms with Gasteiger partial charge < -0.3 is 61.5 Å². The zero-order valence-corrected chi connectivity index (χ0v) is 71.8. The minimum Gasteiger partial charge on any atom is -0.480 e. The van der Waals surface area contributed by atoms with Crippen LogP contribution in [0.1, 0.15) is 126 Å². The predicted octanol–water partition coefficient (Wildman–Crippen LogP) is 12.4. The van der Waals surface area contributed by atoms with Crippen molar-refractivity contribution in [3.63, 3.8) is 0 Å². The Labute approximate surface area is 689 Å². The average Bonchev–Trinajstić information content (AvgIpc) is 1.50. The number of benzene rings is 5. The maximum atomic E-state index is 13.1. The molecule has 40 heteroatoms. The van der Waals surface area contributed by atoms with E-state index in [1.165, 1.54) is 35.8 Å². The van der Waals surface area contributed by atoms with Gasteiger partial charge >= 0.3 is 30.1 Å². The number of aliphatic carboxylic acids is 1. The molecule has 626 valence electrons. The molecule has 0 unspecified atom stereocenters. The first-order chi connectivity index (χ1) is 52.0. The molecule has 0 bridgehead atoms. The molecule has 7 rings (SSSR count). The Balaban J connectivity index is 0.000000504. The number of alkyl carbamates (subject to hydrolysis) is 2. The summed E-state index contributed by atoms with van der Waals surface area (Å²) in [5.74, 6) is -4.31. The fourth-order valence-electron chi connectivity index (χ4n) is 9.36. The molecular formula is C73H95Cl5F2N8O20S5. The highest BCUT2D eigenvalue weighted by Crippen LogP contribution is 2.29. The molecule has 5 aromatic carbocycles. The van der Waals surface area contributed by atoms with Gasteiger partial charge in [0.1, 0.15) is 61.7 Å². The number of nitrogens with one attached hydrogen (secondary N) is 7. The minimum atomic E-state index is -4.23. The lowest BCUT2D eigenvalue weighted by Crippen LogP contribution is -2.48. The highest BCUT2D eigenvalue weighted by molar-refractivity contribution is 8.13. The Bertz CT molecular complexity index is 4660. The number of aryl methyl sites for hydroxylation is 1. The normalized spacial score (nSPS) is 12.8. The molecule has 0 radical (unpaired) electrons. The monoisotopic (exact) mass is 1780 g/mol. The lowest BCUT2D eigenvalue weighted by molar-refractivity contribution is -0.143. The summed E-state index contributed by atoms with van der Waals surface area (Å²) in [6.07, 6.45) is -0.0317. The molecule has 0 spiro atoms. The molecular weight excluding hydrogens is 1680 g/mol. The van der Waals surface area contributed by atoms with Crippen LogP contribution in [0.25, 0.3) is 20.2 Å². The van der Waals surface area contributed by atoms with Crippen molar-refractivity contribution in [2.24, 2.45) is 17.6 Å². The lowest BCUT2D eigenvalue weighted by Gasteiger charge is -2.21. The fourth-order valence-corrected chi connectivity index (χ4v) is 16.4. The number of sulfonamides is 2. The van der Waals surface area contributed by atoms with Gasteiger partial charge in [0.2, 0.25) is 26.0 Å².